The number of nitrogens with zero attached hydrogens (tertiary/aromatic N) is 1. The summed E-state index contributed by atoms with van der Waals surface area (Å²) in [7, 11) is 0. The monoisotopic (exact) mass is 357 g/mol. The Morgan fingerprint density at radius 3 is 2.84 bits per heavy atom. The molecule has 2 N–H and O–H groups in total. The van der Waals surface area contributed by atoms with Crippen LogP contribution in [-0.2, 0) is 9.59 Å². The van der Waals surface area contributed by atoms with Gasteiger partial charge in [0.25, 0.3) is 0 Å². The van der Waals surface area contributed by atoms with Crippen molar-refractivity contribution in [3.63, 3.8) is 0 Å². The van der Waals surface area contributed by atoms with E-state index in [2.05, 4.69) is 10.6 Å². The Morgan fingerprint density at radius 1 is 1.32 bits per heavy atom. The number of aryl methyl sites for hydroxylation is 1. The molecule has 130 valence electrons. The third-order valence-electron chi connectivity index (χ3n) is 4.25. The van der Waals surface area contributed by atoms with Crippen molar-refractivity contribution in [1.82, 2.24) is 0 Å². The molecule has 0 saturated carbocycles. The maximum absolute atomic E-state index is 12.9. The van der Waals surface area contributed by atoms with Gasteiger partial charge in [-0.15, -0.1) is 0 Å². The van der Waals surface area contributed by atoms with Crippen molar-refractivity contribution in [3.8, 4) is 0 Å². The first-order chi connectivity index (χ1) is 12.0. The number of anilines is 3. The number of halogens is 1. The molecule has 1 heterocycles. The molecule has 2 amide bonds. The van der Waals surface area contributed by atoms with Crippen LogP contribution >= 0.6 is 11.6 Å². The predicted molar refractivity (Wildman–Crippen MR) is 101 cm³/mol. The van der Waals surface area contributed by atoms with Crippen molar-refractivity contribution >= 4 is 40.5 Å². The van der Waals surface area contributed by atoms with Crippen LogP contribution in [0.15, 0.2) is 42.5 Å². The Hall–Kier alpha value is -2.53. The highest BCUT2D eigenvalue weighted by atomic mass is 35.5. The van der Waals surface area contributed by atoms with Gasteiger partial charge >= 0.3 is 0 Å². The summed E-state index contributed by atoms with van der Waals surface area (Å²) in [6.45, 7) is 3.95. The summed E-state index contributed by atoms with van der Waals surface area (Å²) in [5.41, 5.74) is 3.22. The zero-order chi connectivity index (χ0) is 18.0. The van der Waals surface area contributed by atoms with E-state index in [4.69, 9.17) is 11.6 Å². The van der Waals surface area contributed by atoms with Gasteiger partial charge in [-0.1, -0.05) is 23.7 Å². The maximum Gasteiger partial charge on any atom is 0.246 e. The highest BCUT2D eigenvalue weighted by Crippen LogP contribution is 2.31. The first kappa shape index (κ1) is 17.3. The molecule has 0 spiro atoms. The Bertz CT molecular complexity index is 822. The van der Waals surface area contributed by atoms with Crippen LogP contribution in [0, 0.1) is 6.92 Å². The number of carbonyl (C=O) groups excluding carboxylic acids is 2. The molecule has 25 heavy (non-hydrogen) atoms. The number of amides is 2. The van der Waals surface area contributed by atoms with Crippen molar-refractivity contribution in [2.45, 2.75) is 26.3 Å². The number of fused-ring (bicyclic) bond motifs is 1. The number of para-hydroxylation sites is 2. The lowest BCUT2D eigenvalue weighted by molar-refractivity contribution is -0.118. The van der Waals surface area contributed by atoms with E-state index < -0.39 is 0 Å². The highest BCUT2D eigenvalue weighted by molar-refractivity contribution is 6.30. The summed E-state index contributed by atoms with van der Waals surface area (Å²) in [6.07, 6.45) is 0.264. The van der Waals surface area contributed by atoms with Crippen LogP contribution in [0.2, 0.25) is 5.02 Å². The van der Waals surface area contributed by atoms with Crippen molar-refractivity contribution in [2.24, 2.45) is 0 Å². The summed E-state index contributed by atoms with van der Waals surface area (Å²) in [5.74, 6) is -0.178. The number of benzene rings is 2. The van der Waals surface area contributed by atoms with Crippen molar-refractivity contribution in [3.05, 3.63) is 53.1 Å². The predicted octanol–water partition coefficient (Wildman–Crippen LogP) is 3.82. The van der Waals surface area contributed by atoms with E-state index in [-0.39, 0.29) is 30.8 Å². The molecule has 0 saturated heterocycles. The van der Waals surface area contributed by atoms with Crippen LogP contribution < -0.4 is 15.5 Å². The van der Waals surface area contributed by atoms with E-state index in [0.29, 0.717) is 10.7 Å². The number of carbonyl (C=O) groups is 2. The molecule has 0 bridgehead atoms. The van der Waals surface area contributed by atoms with Gasteiger partial charge in [-0.2, -0.15) is 0 Å². The third kappa shape index (κ3) is 3.77. The molecular formula is C19H20ClN3O2. The lowest BCUT2D eigenvalue weighted by Gasteiger charge is -2.28. The Balaban J connectivity index is 1.81. The zero-order valence-electron chi connectivity index (χ0n) is 14.2. The maximum atomic E-state index is 12.9. The molecule has 0 radical (unpaired) electrons. The standard InChI is InChI=1S/C19H20ClN3O2/c1-12-9-14(20)7-8-15(12)21-11-19(25)23-13(2)10-18(24)22-16-5-3-4-6-17(16)23/h3-9,13,21H,10-11H2,1-2H3,(H,22,24). The number of rotatable bonds is 3. The average molecular weight is 358 g/mol. The van der Waals surface area contributed by atoms with Crippen LogP contribution in [0.5, 0.6) is 0 Å². The molecule has 0 fully saturated rings. The highest BCUT2D eigenvalue weighted by Gasteiger charge is 2.29. The first-order valence-electron chi connectivity index (χ1n) is 8.16. The fourth-order valence-corrected chi connectivity index (χ4v) is 3.28. The Kier molecular flexibility index (Phi) is 4.95. The molecule has 0 aliphatic carbocycles. The van der Waals surface area contributed by atoms with Gasteiger partial charge in [-0.05, 0) is 49.7 Å². The van der Waals surface area contributed by atoms with Gasteiger partial charge in [-0.25, -0.2) is 0 Å². The van der Waals surface area contributed by atoms with Gasteiger partial charge in [0.15, 0.2) is 0 Å². The van der Waals surface area contributed by atoms with Crippen molar-refractivity contribution in [1.29, 1.82) is 0 Å². The van der Waals surface area contributed by atoms with Crippen molar-refractivity contribution < 1.29 is 9.59 Å². The minimum absolute atomic E-state index is 0.0863. The fraction of sp³-hybridized carbons (Fsp3) is 0.263. The first-order valence-corrected chi connectivity index (χ1v) is 8.54. The Morgan fingerprint density at radius 2 is 2.08 bits per heavy atom. The quantitative estimate of drug-likeness (QED) is 0.877. The average Bonchev–Trinajstić information content (AvgIpc) is 2.68. The fourth-order valence-electron chi connectivity index (χ4n) is 3.05. The second-order valence-electron chi connectivity index (χ2n) is 6.20. The van der Waals surface area contributed by atoms with Gasteiger partial charge in [0.2, 0.25) is 11.8 Å². The molecule has 1 aliphatic heterocycles. The van der Waals surface area contributed by atoms with Gasteiger partial charge < -0.3 is 15.5 Å². The lowest BCUT2D eigenvalue weighted by Crippen LogP contribution is -2.42. The van der Waals surface area contributed by atoms with E-state index in [9.17, 15) is 9.59 Å². The van der Waals surface area contributed by atoms with E-state index in [0.717, 1.165) is 16.9 Å². The van der Waals surface area contributed by atoms with Crippen LogP contribution in [0.3, 0.4) is 0 Å². The number of hydrogen-bond donors (Lipinski definition) is 2. The summed E-state index contributed by atoms with van der Waals surface area (Å²) < 4.78 is 0. The smallest absolute Gasteiger partial charge is 0.246 e. The molecule has 2 aromatic rings. The Labute approximate surface area is 152 Å². The van der Waals surface area contributed by atoms with Gasteiger partial charge in [-0.3, -0.25) is 9.59 Å². The van der Waals surface area contributed by atoms with E-state index in [1.165, 1.54) is 0 Å². The lowest BCUT2D eigenvalue weighted by atomic mass is 10.1. The molecule has 5 nitrogen and oxygen atoms in total. The van der Waals surface area contributed by atoms with E-state index >= 15 is 0 Å². The third-order valence-corrected chi connectivity index (χ3v) is 4.48. The summed E-state index contributed by atoms with van der Waals surface area (Å²) in [4.78, 5) is 26.6. The van der Waals surface area contributed by atoms with Crippen LogP contribution in [0.25, 0.3) is 0 Å². The van der Waals surface area contributed by atoms with Crippen LogP contribution in [0.4, 0.5) is 17.1 Å². The number of hydrogen-bond acceptors (Lipinski definition) is 3. The molecule has 1 aliphatic rings. The molecular weight excluding hydrogens is 338 g/mol. The van der Waals surface area contributed by atoms with Crippen molar-refractivity contribution in [2.75, 3.05) is 22.1 Å². The van der Waals surface area contributed by atoms with Crippen LogP contribution in [0.1, 0.15) is 18.9 Å². The van der Waals surface area contributed by atoms with Gasteiger partial charge in [0, 0.05) is 23.2 Å². The normalized spacial score (nSPS) is 16.7. The molecule has 6 heteroatoms. The minimum Gasteiger partial charge on any atom is -0.376 e. The summed E-state index contributed by atoms with van der Waals surface area (Å²) >= 11 is 5.97. The number of nitrogens with one attached hydrogen (secondary N) is 2. The summed E-state index contributed by atoms with van der Waals surface area (Å²) in [6, 6.07) is 12.6. The molecule has 2 aromatic carbocycles. The van der Waals surface area contributed by atoms with E-state index in [1.54, 1.807) is 11.0 Å². The largest absolute Gasteiger partial charge is 0.376 e. The van der Waals surface area contributed by atoms with Crippen LogP contribution in [-0.4, -0.2) is 24.4 Å². The molecule has 0 aromatic heterocycles. The molecule has 3 rings (SSSR count). The summed E-state index contributed by atoms with van der Waals surface area (Å²) in [5, 5.41) is 6.69. The second-order valence-corrected chi connectivity index (χ2v) is 6.63. The molecule has 1 unspecified atom stereocenters. The zero-order valence-corrected chi connectivity index (χ0v) is 14.9. The van der Waals surface area contributed by atoms with E-state index in [1.807, 2.05) is 50.2 Å². The van der Waals surface area contributed by atoms with Gasteiger partial charge in [0.05, 0.1) is 17.9 Å². The molecule has 1 atom stereocenters. The minimum atomic E-state index is -0.218. The van der Waals surface area contributed by atoms with Gasteiger partial charge in [0.1, 0.15) is 0 Å². The SMILES string of the molecule is Cc1cc(Cl)ccc1NCC(=O)N1c2ccccc2NC(=O)CC1C. The second kappa shape index (κ2) is 7.15. The topological polar surface area (TPSA) is 61.4 Å².